The fourth-order valence-corrected chi connectivity index (χ4v) is 3.16. The van der Waals surface area contributed by atoms with E-state index in [9.17, 15) is 9.59 Å². The van der Waals surface area contributed by atoms with E-state index in [1.165, 1.54) is 12.5 Å². The summed E-state index contributed by atoms with van der Waals surface area (Å²) < 4.78 is 0. The summed E-state index contributed by atoms with van der Waals surface area (Å²) in [7, 11) is 0. The van der Waals surface area contributed by atoms with Gasteiger partial charge in [-0.05, 0) is 62.2 Å². The summed E-state index contributed by atoms with van der Waals surface area (Å²) in [6.07, 6.45) is 0.307. The highest BCUT2D eigenvalue weighted by Crippen LogP contribution is 2.25. The van der Waals surface area contributed by atoms with E-state index < -0.39 is 0 Å². The van der Waals surface area contributed by atoms with Gasteiger partial charge in [0.05, 0.1) is 6.42 Å². The highest BCUT2D eigenvalue weighted by atomic mass is 16.2. The van der Waals surface area contributed by atoms with Crippen molar-refractivity contribution in [2.75, 3.05) is 10.6 Å². The van der Waals surface area contributed by atoms with Gasteiger partial charge in [0.25, 0.3) is 0 Å². The van der Waals surface area contributed by atoms with Crippen LogP contribution >= 0.6 is 0 Å². The zero-order valence-corrected chi connectivity index (χ0v) is 15.5. The second kappa shape index (κ2) is 7.04. The largest absolute Gasteiger partial charge is 0.358 e. The molecule has 0 spiro atoms. The number of carbonyl (C=O) groups excluding carboxylic acids is 2. The summed E-state index contributed by atoms with van der Waals surface area (Å²) in [5, 5.41) is 6.80. The molecular weight excluding hydrogens is 326 g/mol. The van der Waals surface area contributed by atoms with Crippen molar-refractivity contribution in [1.29, 1.82) is 0 Å². The number of amides is 2. The van der Waals surface area contributed by atoms with Crippen LogP contribution in [0.15, 0.2) is 36.4 Å². The maximum atomic E-state index is 12.5. The smallest absolute Gasteiger partial charge is 0.228 e. The molecular formula is C21H23N3O2. The van der Waals surface area contributed by atoms with E-state index in [1.807, 2.05) is 32.9 Å². The Kier molecular flexibility index (Phi) is 4.80. The molecule has 0 saturated heterocycles. The Morgan fingerprint density at radius 3 is 2.46 bits per heavy atom. The molecule has 0 unspecified atom stereocenters. The van der Waals surface area contributed by atoms with Crippen LogP contribution in [-0.4, -0.2) is 16.8 Å². The summed E-state index contributed by atoms with van der Waals surface area (Å²) in [6, 6.07) is 11.7. The predicted octanol–water partition coefficient (Wildman–Crippen LogP) is 4.23. The first-order valence-electron chi connectivity index (χ1n) is 8.59. The summed E-state index contributed by atoms with van der Waals surface area (Å²) in [5.41, 5.74) is 6.62. The number of H-pyrrole nitrogens is 1. The van der Waals surface area contributed by atoms with Gasteiger partial charge in [-0.1, -0.05) is 11.6 Å². The van der Waals surface area contributed by atoms with Crippen LogP contribution in [0.4, 0.5) is 11.4 Å². The van der Waals surface area contributed by atoms with Crippen LogP contribution < -0.4 is 10.6 Å². The Hall–Kier alpha value is -3.08. The van der Waals surface area contributed by atoms with E-state index in [-0.39, 0.29) is 11.8 Å². The van der Waals surface area contributed by atoms with Gasteiger partial charge in [-0.3, -0.25) is 9.59 Å². The Morgan fingerprint density at radius 1 is 1.00 bits per heavy atom. The maximum Gasteiger partial charge on any atom is 0.228 e. The molecule has 3 rings (SSSR count). The monoisotopic (exact) mass is 349 g/mol. The third kappa shape index (κ3) is 3.77. The molecule has 5 nitrogen and oxygen atoms in total. The number of anilines is 2. The van der Waals surface area contributed by atoms with Gasteiger partial charge in [0.2, 0.25) is 11.8 Å². The van der Waals surface area contributed by atoms with Crippen molar-refractivity contribution in [3.05, 3.63) is 58.8 Å². The van der Waals surface area contributed by atoms with Crippen molar-refractivity contribution in [3.8, 4) is 0 Å². The lowest BCUT2D eigenvalue weighted by Crippen LogP contribution is -2.15. The SMILES string of the molecule is CC(=O)Nc1ccc(NC(=O)Cc2c(C)[nH]c3ccc(C)cc23)cc1C. The second-order valence-corrected chi connectivity index (χ2v) is 6.71. The molecule has 0 radical (unpaired) electrons. The molecule has 2 aromatic carbocycles. The van der Waals surface area contributed by atoms with Gasteiger partial charge in [0.15, 0.2) is 0 Å². The van der Waals surface area contributed by atoms with Gasteiger partial charge in [0.1, 0.15) is 0 Å². The second-order valence-electron chi connectivity index (χ2n) is 6.71. The molecule has 5 heteroatoms. The number of aromatic nitrogens is 1. The van der Waals surface area contributed by atoms with Crippen LogP contribution in [-0.2, 0) is 16.0 Å². The van der Waals surface area contributed by atoms with E-state index in [0.717, 1.165) is 39.1 Å². The van der Waals surface area contributed by atoms with Gasteiger partial charge in [-0.2, -0.15) is 0 Å². The van der Waals surface area contributed by atoms with Crippen LogP contribution in [0.25, 0.3) is 10.9 Å². The van der Waals surface area contributed by atoms with Crippen molar-refractivity contribution in [3.63, 3.8) is 0 Å². The lowest BCUT2D eigenvalue weighted by atomic mass is 10.1. The molecule has 0 aliphatic rings. The lowest BCUT2D eigenvalue weighted by molar-refractivity contribution is -0.116. The van der Waals surface area contributed by atoms with E-state index >= 15 is 0 Å². The minimum absolute atomic E-state index is 0.0674. The number of hydrogen-bond acceptors (Lipinski definition) is 2. The molecule has 134 valence electrons. The fourth-order valence-electron chi connectivity index (χ4n) is 3.16. The molecule has 0 saturated carbocycles. The molecule has 2 amide bonds. The average Bonchev–Trinajstić information content (AvgIpc) is 2.85. The number of nitrogens with one attached hydrogen (secondary N) is 3. The Balaban J connectivity index is 1.77. The first kappa shape index (κ1) is 17.7. The van der Waals surface area contributed by atoms with Crippen LogP contribution in [0.3, 0.4) is 0 Å². The minimum Gasteiger partial charge on any atom is -0.358 e. The fraction of sp³-hybridized carbons (Fsp3) is 0.238. The van der Waals surface area contributed by atoms with Crippen LogP contribution in [0.2, 0.25) is 0 Å². The van der Waals surface area contributed by atoms with Crippen LogP contribution in [0, 0.1) is 20.8 Å². The maximum absolute atomic E-state index is 12.5. The van der Waals surface area contributed by atoms with Crippen molar-refractivity contribution in [2.45, 2.75) is 34.1 Å². The molecule has 0 aliphatic carbocycles. The summed E-state index contributed by atoms with van der Waals surface area (Å²) in [4.78, 5) is 27.1. The van der Waals surface area contributed by atoms with Crippen molar-refractivity contribution >= 4 is 34.1 Å². The molecule has 1 heterocycles. The van der Waals surface area contributed by atoms with E-state index in [0.29, 0.717) is 6.42 Å². The number of aryl methyl sites for hydroxylation is 3. The van der Waals surface area contributed by atoms with Gasteiger partial charge in [0, 0.05) is 34.9 Å². The molecule has 26 heavy (non-hydrogen) atoms. The third-order valence-electron chi connectivity index (χ3n) is 4.43. The number of benzene rings is 2. The van der Waals surface area contributed by atoms with E-state index in [2.05, 4.69) is 27.8 Å². The van der Waals surface area contributed by atoms with Gasteiger partial charge in [-0.25, -0.2) is 0 Å². The zero-order chi connectivity index (χ0) is 18.8. The standard InChI is InChI=1S/C21H23N3O2/c1-12-5-7-20-18(9-12)17(14(3)22-20)11-21(26)24-16-6-8-19(13(2)10-16)23-15(4)25/h5-10,22H,11H2,1-4H3,(H,23,25)(H,24,26). The Bertz CT molecular complexity index is 1000. The molecule has 3 N–H and O–H groups in total. The Morgan fingerprint density at radius 2 is 1.77 bits per heavy atom. The quantitative estimate of drug-likeness (QED) is 0.659. The minimum atomic E-state index is -0.116. The van der Waals surface area contributed by atoms with Crippen molar-refractivity contribution in [1.82, 2.24) is 4.98 Å². The number of aromatic amines is 1. The van der Waals surface area contributed by atoms with E-state index in [1.54, 1.807) is 12.1 Å². The average molecular weight is 349 g/mol. The molecule has 0 aliphatic heterocycles. The van der Waals surface area contributed by atoms with Crippen molar-refractivity contribution in [2.24, 2.45) is 0 Å². The Labute approximate surface area is 152 Å². The molecule has 0 fully saturated rings. The van der Waals surface area contributed by atoms with Gasteiger partial charge >= 0.3 is 0 Å². The predicted molar refractivity (Wildman–Crippen MR) is 106 cm³/mol. The first-order chi connectivity index (χ1) is 12.3. The molecule has 0 bridgehead atoms. The normalized spacial score (nSPS) is 10.8. The third-order valence-corrected chi connectivity index (χ3v) is 4.43. The lowest BCUT2D eigenvalue weighted by Gasteiger charge is -2.10. The molecule has 0 atom stereocenters. The highest BCUT2D eigenvalue weighted by molar-refractivity contribution is 5.97. The number of fused-ring (bicyclic) bond motifs is 1. The number of carbonyl (C=O) groups is 2. The van der Waals surface area contributed by atoms with Gasteiger partial charge < -0.3 is 15.6 Å². The molecule has 1 aromatic heterocycles. The molecule has 3 aromatic rings. The van der Waals surface area contributed by atoms with E-state index in [4.69, 9.17) is 0 Å². The number of rotatable bonds is 4. The van der Waals surface area contributed by atoms with Crippen molar-refractivity contribution < 1.29 is 9.59 Å². The zero-order valence-electron chi connectivity index (χ0n) is 15.5. The summed E-state index contributed by atoms with van der Waals surface area (Å²) in [6.45, 7) is 7.41. The highest BCUT2D eigenvalue weighted by Gasteiger charge is 2.13. The van der Waals surface area contributed by atoms with Crippen LogP contribution in [0.5, 0.6) is 0 Å². The number of hydrogen-bond donors (Lipinski definition) is 3. The topological polar surface area (TPSA) is 74.0 Å². The van der Waals surface area contributed by atoms with Gasteiger partial charge in [-0.15, -0.1) is 0 Å². The first-order valence-corrected chi connectivity index (χ1v) is 8.59. The summed E-state index contributed by atoms with van der Waals surface area (Å²) in [5.74, 6) is -0.183. The van der Waals surface area contributed by atoms with Crippen LogP contribution in [0.1, 0.15) is 29.3 Å². The summed E-state index contributed by atoms with van der Waals surface area (Å²) >= 11 is 0.